The Hall–Kier alpha value is -0.843. The van der Waals surface area contributed by atoms with Crippen LogP contribution in [0.4, 0.5) is 0 Å². The van der Waals surface area contributed by atoms with Gasteiger partial charge < -0.3 is 9.64 Å². The van der Waals surface area contributed by atoms with Gasteiger partial charge in [0.2, 0.25) is 0 Å². The molecule has 1 aromatic rings. The molecule has 0 aliphatic carbocycles. The molecule has 0 spiro atoms. The molecule has 0 saturated carbocycles. The predicted molar refractivity (Wildman–Crippen MR) is 81.2 cm³/mol. The fraction of sp³-hybridized carbons (Fsp3) is 0.500. The average Bonchev–Trinajstić information content (AvgIpc) is 2.37. The van der Waals surface area contributed by atoms with Crippen LogP contribution in [0.2, 0.25) is 24.7 Å². The number of nitrogens with zero attached hydrogens (tertiary/aromatic N) is 1. The third kappa shape index (κ3) is 3.19. The van der Waals surface area contributed by atoms with Crippen molar-refractivity contribution in [2.45, 2.75) is 19.6 Å². The van der Waals surface area contributed by atoms with Crippen LogP contribution in [-0.2, 0) is 4.74 Å². The molecule has 1 amide bonds. The van der Waals surface area contributed by atoms with Crippen LogP contribution < -0.4 is 5.19 Å². The maximum absolute atomic E-state index is 12.7. The second-order valence-corrected chi connectivity index (χ2v) is 11.3. The number of amides is 1. The van der Waals surface area contributed by atoms with Gasteiger partial charge in [0.05, 0.1) is 31.9 Å². The molecule has 3 nitrogen and oxygen atoms in total. The van der Waals surface area contributed by atoms with Crippen molar-refractivity contribution in [2.24, 2.45) is 0 Å². The van der Waals surface area contributed by atoms with Crippen molar-refractivity contribution in [1.82, 2.24) is 4.90 Å². The lowest BCUT2D eigenvalue weighted by atomic mass is 10.2. The highest BCUT2D eigenvalue weighted by Crippen LogP contribution is 2.19. The summed E-state index contributed by atoms with van der Waals surface area (Å²) in [6.45, 7) is 9.21. The number of hydrogen-bond acceptors (Lipinski definition) is 2. The number of morpholine rings is 1. The van der Waals surface area contributed by atoms with Gasteiger partial charge >= 0.3 is 0 Å². The van der Waals surface area contributed by atoms with Gasteiger partial charge in [-0.05, 0) is 11.3 Å². The Morgan fingerprint density at radius 1 is 1.26 bits per heavy atom. The Morgan fingerprint density at radius 3 is 2.47 bits per heavy atom. The summed E-state index contributed by atoms with van der Waals surface area (Å²) in [4.78, 5) is 14.5. The third-order valence-corrected chi connectivity index (χ3v) is 5.68. The normalized spacial score (nSPS) is 16.5. The van der Waals surface area contributed by atoms with E-state index < -0.39 is 8.07 Å². The van der Waals surface area contributed by atoms with Crippen molar-refractivity contribution >= 4 is 30.8 Å². The summed E-state index contributed by atoms with van der Waals surface area (Å²) in [6, 6.07) is 5.79. The van der Waals surface area contributed by atoms with E-state index in [1.54, 1.807) is 6.07 Å². The van der Waals surface area contributed by atoms with Crippen molar-refractivity contribution in [2.75, 3.05) is 26.3 Å². The van der Waals surface area contributed by atoms with E-state index >= 15 is 0 Å². The minimum absolute atomic E-state index is 0.0475. The molecule has 0 atom stereocenters. The van der Waals surface area contributed by atoms with E-state index in [4.69, 9.17) is 16.3 Å². The van der Waals surface area contributed by atoms with Gasteiger partial charge in [-0.25, -0.2) is 0 Å². The molecule has 1 fully saturated rings. The average molecular weight is 298 g/mol. The molecule has 0 aromatic heterocycles. The summed E-state index contributed by atoms with van der Waals surface area (Å²) in [7, 11) is -1.60. The van der Waals surface area contributed by atoms with Crippen LogP contribution in [0.3, 0.4) is 0 Å². The summed E-state index contributed by atoms with van der Waals surface area (Å²) in [5, 5.41) is 1.70. The van der Waals surface area contributed by atoms with Gasteiger partial charge in [0.25, 0.3) is 5.91 Å². The van der Waals surface area contributed by atoms with Crippen LogP contribution in [0, 0.1) is 0 Å². The molecule has 2 rings (SSSR count). The zero-order chi connectivity index (χ0) is 14.0. The van der Waals surface area contributed by atoms with Crippen molar-refractivity contribution in [3.05, 3.63) is 28.8 Å². The number of ether oxygens (including phenoxy) is 1. The molecule has 104 valence electrons. The van der Waals surface area contributed by atoms with E-state index in [-0.39, 0.29) is 5.91 Å². The largest absolute Gasteiger partial charge is 0.378 e. The molecule has 1 aliphatic heterocycles. The standard InChI is InChI=1S/C14H20ClNO2Si/c1-19(2,3)12-6-4-5-11(15)13(12)14(17)16-7-9-18-10-8-16/h4-6H,7-10H2,1-3H3. The number of hydrogen-bond donors (Lipinski definition) is 0. The lowest BCUT2D eigenvalue weighted by Crippen LogP contribution is -2.47. The molecule has 0 unspecified atom stereocenters. The molecule has 1 heterocycles. The third-order valence-electron chi connectivity index (χ3n) is 3.33. The van der Waals surface area contributed by atoms with Gasteiger partial charge in [0.15, 0.2) is 0 Å². The topological polar surface area (TPSA) is 29.5 Å². The highest BCUT2D eigenvalue weighted by molar-refractivity contribution is 6.89. The summed E-state index contributed by atoms with van der Waals surface area (Å²) in [5.41, 5.74) is 0.699. The monoisotopic (exact) mass is 297 g/mol. The van der Waals surface area contributed by atoms with Crippen LogP contribution >= 0.6 is 11.6 Å². The lowest BCUT2D eigenvalue weighted by molar-refractivity contribution is 0.0304. The van der Waals surface area contributed by atoms with Crippen LogP contribution in [0.15, 0.2) is 18.2 Å². The Kier molecular flexibility index (Phi) is 4.33. The molecule has 1 aliphatic rings. The predicted octanol–water partition coefficient (Wildman–Crippen LogP) is 2.36. The fourth-order valence-corrected chi connectivity index (χ4v) is 4.21. The Bertz CT molecular complexity index is 479. The molecule has 0 radical (unpaired) electrons. The molecular formula is C14H20ClNO2Si. The second kappa shape index (κ2) is 5.65. The zero-order valence-corrected chi connectivity index (χ0v) is 13.5. The van der Waals surface area contributed by atoms with Crippen LogP contribution in [0.25, 0.3) is 0 Å². The van der Waals surface area contributed by atoms with Gasteiger partial charge in [-0.3, -0.25) is 4.79 Å². The lowest BCUT2D eigenvalue weighted by Gasteiger charge is -2.29. The van der Waals surface area contributed by atoms with Crippen LogP contribution in [0.1, 0.15) is 10.4 Å². The summed E-state index contributed by atoms with van der Waals surface area (Å²) < 4.78 is 5.30. The van der Waals surface area contributed by atoms with Crippen molar-refractivity contribution < 1.29 is 9.53 Å². The van der Waals surface area contributed by atoms with E-state index in [0.29, 0.717) is 36.9 Å². The number of benzene rings is 1. The molecule has 1 saturated heterocycles. The van der Waals surface area contributed by atoms with Crippen LogP contribution in [-0.4, -0.2) is 45.2 Å². The Labute approximate surface area is 120 Å². The number of carbonyl (C=O) groups is 1. The highest BCUT2D eigenvalue weighted by Gasteiger charge is 2.28. The first kappa shape index (κ1) is 14.6. The Morgan fingerprint density at radius 2 is 1.89 bits per heavy atom. The van der Waals surface area contributed by atoms with E-state index in [1.165, 1.54) is 0 Å². The SMILES string of the molecule is C[Si](C)(C)c1cccc(Cl)c1C(=O)N1CCOCC1. The zero-order valence-electron chi connectivity index (χ0n) is 11.7. The summed E-state index contributed by atoms with van der Waals surface area (Å²) in [5.74, 6) is 0.0475. The number of carbonyl (C=O) groups excluding carboxylic acids is 1. The maximum atomic E-state index is 12.7. The van der Waals surface area contributed by atoms with E-state index in [0.717, 1.165) is 5.19 Å². The highest BCUT2D eigenvalue weighted by atomic mass is 35.5. The first-order valence-electron chi connectivity index (χ1n) is 6.57. The first-order valence-corrected chi connectivity index (χ1v) is 10.4. The molecule has 5 heteroatoms. The van der Waals surface area contributed by atoms with E-state index in [1.807, 2.05) is 17.0 Å². The molecule has 19 heavy (non-hydrogen) atoms. The number of rotatable bonds is 2. The minimum Gasteiger partial charge on any atom is -0.378 e. The first-order chi connectivity index (χ1) is 8.91. The van der Waals surface area contributed by atoms with Gasteiger partial charge in [0.1, 0.15) is 0 Å². The quantitative estimate of drug-likeness (QED) is 0.784. The molecule has 1 aromatic carbocycles. The van der Waals surface area contributed by atoms with Crippen molar-refractivity contribution in [3.8, 4) is 0 Å². The summed E-state index contributed by atoms with van der Waals surface area (Å²) in [6.07, 6.45) is 0. The Balaban J connectivity index is 2.40. The molecule has 0 bridgehead atoms. The number of halogens is 1. The smallest absolute Gasteiger partial charge is 0.255 e. The maximum Gasteiger partial charge on any atom is 0.255 e. The van der Waals surface area contributed by atoms with E-state index in [2.05, 4.69) is 19.6 Å². The van der Waals surface area contributed by atoms with Crippen molar-refractivity contribution in [1.29, 1.82) is 0 Å². The minimum atomic E-state index is -1.60. The molecule has 0 N–H and O–H groups in total. The van der Waals surface area contributed by atoms with E-state index in [9.17, 15) is 4.79 Å². The molecular weight excluding hydrogens is 278 g/mol. The van der Waals surface area contributed by atoms with Crippen molar-refractivity contribution in [3.63, 3.8) is 0 Å². The summed E-state index contributed by atoms with van der Waals surface area (Å²) >= 11 is 6.29. The fourth-order valence-electron chi connectivity index (χ4n) is 2.29. The second-order valence-electron chi connectivity index (χ2n) is 5.82. The van der Waals surface area contributed by atoms with Gasteiger partial charge in [-0.1, -0.05) is 43.4 Å². The van der Waals surface area contributed by atoms with Gasteiger partial charge in [-0.2, -0.15) is 0 Å². The van der Waals surface area contributed by atoms with Crippen LogP contribution in [0.5, 0.6) is 0 Å². The van der Waals surface area contributed by atoms with Gasteiger partial charge in [-0.15, -0.1) is 0 Å². The van der Waals surface area contributed by atoms with Gasteiger partial charge in [0, 0.05) is 13.1 Å².